The molecule has 166 valence electrons. The first-order valence-corrected chi connectivity index (χ1v) is 12.3. The fourth-order valence-electron chi connectivity index (χ4n) is 4.43. The molecule has 31 heavy (non-hydrogen) atoms. The Kier molecular flexibility index (Phi) is 6.24. The lowest BCUT2D eigenvalue weighted by Gasteiger charge is -2.42. The largest absolute Gasteiger partial charge is 0.339 e. The molecule has 2 aromatic heterocycles. The van der Waals surface area contributed by atoms with Gasteiger partial charge in [-0.3, -0.25) is 9.69 Å². The van der Waals surface area contributed by atoms with Gasteiger partial charge in [-0.15, -0.1) is 0 Å². The van der Waals surface area contributed by atoms with Crippen molar-refractivity contribution in [1.29, 1.82) is 0 Å². The van der Waals surface area contributed by atoms with Crippen LogP contribution in [0.1, 0.15) is 37.5 Å². The fraction of sp³-hybridized carbons (Fsp3) is 0.636. The van der Waals surface area contributed by atoms with E-state index in [1.54, 1.807) is 6.20 Å². The topological polar surface area (TPSA) is 78.6 Å². The maximum absolute atomic E-state index is 12.8. The van der Waals surface area contributed by atoms with Crippen molar-refractivity contribution in [3.8, 4) is 11.4 Å². The van der Waals surface area contributed by atoms with Crippen LogP contribution in [0.2, 0.25) is 0 Å². The van der Waals surface area contributed by atoms with Crippen molar-refractivity contribution in [2.75, 3.05) is 52.1 Å². The second kappa shape index (κ2) is 9.26. The van der Waals surface area contributed by atoms with Gasteiger partial charge in [0.05, 0.1) is 11.3 Å². The van der Waals surface area contributed by atoms with Gasteiger partial charge in [-0.05, 0) is 58.0 Å². The lowest BCUT2D eigenvalue weighted by Crippen LogP contribution is -2.54. The first kappa shape index (κ1) is 20.9. The molecule has 0 spiro atoms. The Bertz CT molecular complexity index is 901. The van der Waals surface area contributed by atoms with E-state index in [2.05, 4.69) is 32.0 Å². The normalized spacial score (nSPS) is 21.5. The molecule has 1 amide bonds. The smallest absolute Gasteiger partial charge is 0.233 e. The minimum atomic E-state index is 0.177. The van der Waals surface area contributed by atoms with E-state index in [-0.39, 0.29) is 5.91 Å². The van der Waals surface area contributed by atoms with Gasteiger partial charge in [0.25, 0.3) is 0 Å². The standard InChI is InChI=1S/C22H30N6O2S/c1-26-9-6-17(7-10-26)27-11-13-28(14-12-27)19(29)15-31-22-18(3-2-8-23-22)20-24-21(30-25-20)16-4-5-16/h2-3,8,16-17H,4-7,9-15H2,1H3. The molecule has 0 aromatic carbocycles. The number of piperidine rings is 1. The Morgan fingerprint density at radius 1 is 1.13 bits per heavy atom. The number of carbonyl (C=O) groups excluding carboxylic acids is 1. The molecule has 2 aromatic rings. The van der Waals surface area contributed by atoms with E-state index in [4.69, 9.17) is 4.52 Å². The summed E-state index contributed by atoms with van der Waals surface area (Å²) < 4.78 is 5.40. The second-order valence-electron chi connectivity index (χ2n) is 8.83. The second-order valence-corrected chi connectivity index (χ2v) is 9.79. The number of rotatable bonds is 6. The van der Waals surface area contributed by atoms with Gasteiger partial charge < -0.3 is 14.3 Å². The molecule has 8 nitrogen and oxygen atoms in total. The van der Waals surface area contributed by atoms with Crippen molar-refractivity contribution in [3.05, 3.63) is 24.2 Å². The number of pyridine rings is 1. The summed E-state index contributed by atoms with van der Waals surface area (Å²) in [4.78, 5) is 28.9. The Hall–Kier alpha value is -1.97. The zero-order chi connectivity index (χ0) is 21.2. The summed E-state index contributed by atoms with van der Waals surface area (Å²) in [7, 11) is 2.20. The van der Waals surface area contributed by atoms with E-state index in [1.807, 2.05) is 17.0 Å². The molecule has 3 aliphatic rings. The zero-order valence-electron chi connectivity index (χ0n) is 18.1. The van der Waals surface area contributed by atoms with Gasteiger partial charge in [0, 0.05) is 44.3 Å². The molecule has 3 fully saturated rings. The lowest BCUT2D eigenvalue weighted by molar-refractivity contribution is -0.130. The van der Waals surface area contributed by atoms with E-state index in [1.165, 1.54) is 37.7 Å². The lowest BCUT2D eigenvalue weighted by atomic mass is 10.0. The Morgan fingerprint density at radius 3 is 2.65 bits per heavy atom. The molecule has 0 atom stereocenters. The van der Waals surface area contributed by atoms with E-state index in [0.717, 1.165) is 49.6 Å². The van der Waals surface area contributed by atoms with Gasteiger partial charge >= 0.3 is 0 Å². The van der Waals surface area contributed by atoms with Crippen LogP contribution < -0.4 is 0 Å². The highest BCUT2D eigenvalue weighted by atomic mass is 32.2. The van der Waals surface area contributed by atoms with Gasteiger partial charge in [-0.1, -0.05) is 16.9 Å². The Labute approximate surface area is 187 Å². The number of hydrogen-bond donors (Lipinski definition) is 0. The quantitative estimate of drug-likeness (QED) is 0.631. The summed E-state index contributed by atoms with van der Waals surface area (Å²) in [6.07, 6.45) is 6.47. The summed E-state index contributed by atoms with van der Waals surface area (Å²) in [6.45, 7) is 5.94. The molecule has 9 heteroatoms. The molecular formula is C22H30N6O2S. The number of aromatic nitrogens is 3. The monoisotopic (exact) mass is 442 g/mol. The van der Waals surface area contributed by atoms with E-state index in [0.29, 0.717) is 29.4 Å². The molecule has 0 bridgehead atoms. The van der Waals surface area contributed by atoms with Crippen LogP contribution in [0.4, 0.5) is 0 Å². The van der Waals surface area contributed by atoms with Crippen LogP contribution in [0.3, 0.4) is 0 Å². The van der Waals surface area contributed by atoms with Crippen LogP contribution in [-0.4, -0.2) is 93.8 Å². The summed E-state index contributed by atoms with van der Waals surface area (Å²) >= 11 is 1.46. The van der Waals surface area contributed by atoms with Crippen LogP contribution in [0.5, 0.6) is 0 Å². The highest BCUT2D eigenvalue weighted by molar-refractivity contribution is 8.00. The minimum Gasteiger partial charge on any atom is -0.339 e. The van der Waals surface area contributed by atoms with E-state index < -0.39 is 0 Å². The van der Waals surface area contributed by atoms with Crippen molar-refractivity contribution in [2.24, 2.45) is 0 Å². The van der Waals surface area contributed by atoms with Crippen LogP contribution in [-0.2, 0) is 4.79 Å². The Balaban J connectivity index is 1.14. The summed E-state index contributed by atoms with van der Waals surface area (Å²) in [5.74, 6) is 2.26. The predicted octanol–water partition coefficient (Wildman–Crippen LogP) is 2.34. The minimum absolute atomic E-state index is 0.177. The molecule has 2 aliphatic heterocycles. The van der Waals surface area contributed by atoms with Crippen LogP contribution in [0.15, 0.2) is 27.9 Å². The van der Waals surface area contributed by atoms with Gasteiger partial charge in [-0.2, -0.15) is 4.98 Å². The molecule has 0 radical (unpaired) electrons. The first-order valence-electron chi connectivity index (χ1n) is 11.3. The summed E-state index contributed by atoms with van der Waals surface area (Å²) in [5.41, 5.74) is 0.836. The van der Waals surface area contributed by atoms with Gasteiger partial charge in [0.2, 0.25) is 17.6 Å². The zero-order valence-corrected chi connectivity index (χ0v) is 18.9. The van der Waals surface area contributed by atoms with Crippen molar-refractivity contribution in [3.63, 3.8) is 0 Å². The number of likely N-dealkylation sites (tertiary alicyclic amines) is 1. The third-order valence-electron chi connectivity index (χ3n) is 6.58. The molecule has 4 heterocycles. The summed E-state index contributed by atoms with van der Waals surface area (Å²) in [6, 6.07) is 4.49. The third-order valence-corrected chi connectivity index (χ3v) is 7.57. The van der Waals surface area contributed by atoms with E-state index in [9.17, 15) is 4.79 Å². The predicted molar refractivity (Wildman–Crippen MR) is 119 cm³/mol. The number of amides is 1. The maximum Gasteiger partial charge on any atom is 0.233 e. The summed E-state index contributed by atoms with van der Waals surface area (Å²) in [5, 5.41) is 4.92. The number of nitrogens with zero attached hydrogens (tertiary/aromatic N) is 6. The number of hydrogen-bond acceptors (Lipinski definition) is 8. The SMILES string of the molecule is CN1CCC(N2CCN(C(=O)CSc3ncccc3-c3noc(C4CC4)n3)CC2)CC1. The highest BCUT2D eigenvalue weighted by Crippen LogP contribution is 2.40. The average Bonchev–Trinajstić information content (AvgIpc) is 3.55. The molecule has 0 N–H and O–H groups in total. The fourth-order valence-corrected chi connectivity index (χ4v) is 5.33. The van der Waals surface area contributed by atoms with Crippen molar-refractivity contribution >= 4 is 17.7 Å². The van der Waals surface area contributed by atoms with Crippen molar-refractivity contribution in [1.82, 2.24) is 29.8 Å². The average molecular weight is 443 g/mol. The number of piperazine rings is 1. The van der Waals surface area contributed by atoms with Crippen LogP contribution in [0, 0.1) is 0 Å². The molecule has 1 aliphatic carbocycles. The maximum atomic E-state index is 12.8. The van der Waals surface area contributed by atoms with Gasteiger partial charge in [-0.25, -0.2) is 4.98 Å². The molecule has 0 unspecified atom stereocenters. The Morgan fingerprint density at radius 2 is 1.90 bits per heavy atom. The highest BCUT2D eigenvalue weighted by Gasteiger charge is 2.31. The molecular weight excluding hydrogens is 412 g/mol. The van der Waals surface area contributed by atoms with Crippen molar-refractivity contribution in [2.45, 2.75) is 42.7 Å². The van der Waals surface area contributed by atoms with Crippen molar-refractivity contribution < 1.29 is 9.32 Å². The molecule has 5 rings (SSSR count). The number of thioether (sulfide) groups is 1. The molecule has 1 saturated carbocycles. The van der Waals surface area contributed by atoms with Gasteiger partial charge in [0.15, 0.2) is 0 Å². The number of carbonyl (C=O) groups is 1. The first-order chi connectivity index (χ1) is 15.2. The molecule has 2 saturated heterocycles. The van der Waals surface area contributed by atoms with Crippen LogP contribution >= 0.6 is 11.8 Å². The van der Waals surface area contributed by atoms with Gasteiger partial charge in [0.1, 0.15) is 5.03 Å². The third kappa shape index (κ3) is 4.94. The van der Waals surface area contributed by atoms with E-state index >= 15 is 0 Å². The van der Waals surface area contributed by atoms with Crippen LogP contribution in [0.25, 0.3) is 11.4 Å².